The Morgan fingerprint density at radius 1 is 0.714 bits per heavy atom. The first-order valence-electron chi connectivity index (χ1n) is 9.45. The van der Waals surface area contributed by atoms with Crippen molar-refractivity contribution in [3.8, 4) is 0 Å². The molecule has 1 unspecified atom stereocenters. The molecule has 0 aliphatic rings. The van der Waals surface area contributed by atoms with Gasteiger partial charge in [0.15, 0.2) is 0 Å². The minimum Gasteiger partial charge on any atom is -0.330 e. The van der Waals surface area contributed by atoms with Gasteiger partial charge < -0.3 is 11.5 Å². The van der Waals surface area contributed by atoms with Crippen molar-refractivity contribution < 1.29 is 0 Å². The quantitative estimate of drug-likeness (QED) is 0.331. The lowest BCUT2D eigenvalue weighted by molar-refractivity contribution is 0.179. The molecule has 0 fully saturated rings. The topological polar surface area (TPSA) is 55.3 Å². The van der Waals surface area contributed by atoms with Crippen LogP contribution in [0.15, 0.2) is 0 Å². The zero-order valence-electron chi connectivity index (χ0n) is 14.8. The molecule has 0 aromatic heterocycles. The Hall–Kier alpha value is -0.120. The van der Waals surface area contributed by atoms with Gasteiger partial charge in [-0.2, -0.15) is 0 Å². The monoisotopic (exact) mass is 299 g/mol. The Labute approximate surface area is 133 Å². The molecule has 4 N–H and O–H groups in total. The minimum atomic E-state index is 0.256. The highest BCUT2D eigenvalue weighted by Crippen LogP contribution is 2.11. The average molecular weight is 300 g/mol. The molecule has 0 heterocycles. The Morgan fingerprint density at radius 3 is 1.71 bits per heavy atom. The zero-order chi connectivity index (χ0) is 15.8. The Balaban J connectivity index is 3.95. The lowest BCUT2D eigenvalue weighted by Gasteiger charge is -2.29. The molecule has 1 atom stereocenters. The maximum absolute atomic E-state index is 6.42. The lowest BCUT2D eigenvalue weighted by atomic mass is 10.1. The maximum atomic E-state index is 6.42. The summed E-state index contributed by atoms with van der Waals surface area (Å²) >= 11 is 0. The van der Waals surface area contributed by atoms with E-state index in [2.05, 4.69) is 18.7 Å². The van der Waals surface area contributed by atoms with Crippen LogP contribution in [0, 0.1) is 0 Å². The predicted octanol–water partition coefficient (Wildman–Crippen LogP) is 4.25. The first kappa shape index (κ1) is 20.9. The van der Waals surface area contributed by atoms with E-state index in [9.17, 15) is 0 Å². The van der Waals surface area contributed by atoms with Crippen molar-refractivity contribution in [2.24, 2.45) is 11.5 Å². The van der Waals surface area contributed by atoms with Gasteiger partial charge in [0, 0.05) is 0 Å². The van der Waals surface area contributed by atoms with Crippen LogP contribution in [0.3, 0.4) is 0 Å². The van der Waals surface area contributed by atoms with Crippen molar-refractivity contribution >= 4 is 0 Å². The van der Waals surface area contributed by atoms with E-state index in [1.807, 2.05) is 0 Å². The van der Waals surface area contributed by atoms with Crippen molar-refractivity contribution in [2.75, 3.05) is 19.6 Å². The van der Waals surface area contributed by atoms with E-state index >= 15 is 0 Å². The Bertz CT molecular complexity index is 185. The van der Waals surface area contributed by atoms with Crippen LogP contribution in [0.2, 0.25) is 0 Å². The summed E-state index contributed by atoms with van der Waals surface area (Å²) in [4.78, 5) is 2.54. The highest BCUT2D eigenvalue weighted by Gasteiger charge is 2.13. The zero-order valence-corrected chi connectivity index (χ0v) is 14.8. The maximum Gasteiger partial charge on any atom is 0.0571 e. The molecule has 0 amide bonds. The number of hydrogen-bond acceptors (Lipinski definition) is 3. The smallest absolute Gasteiger partial charge is 0.0571 e. The molecule has 3 heteroatoms. The number of nitrogens with zero attached hydrogens (tertiary/aromatic N) is 1. The summed E-state index contributed by atoms with van der Waals surface area (Å²) < 4.78 is 0. The van der Waals surface area contributed by atoms with Crippen molar-refractivity contribution in [1.29, 1.82) is 0 Å². The van der Waals surface area contributed by atoms with E-state index in [1.54, 1.807) is 0 Å². The third-order valence-corrected chi connectivity index (χ3v) is 4.27. The summed E-state index contributed by atoms with van der Waals surface area (Å²) in [5.74, 6) is 0. The van der Waals surface area contributed by atoms with Crippen LogP contribution < -0.4 is 11.5 Å². The molecule has 21 heavy (non-hydrogen) atoms. The first-order chi connectivity index (χ1) is 10.3. The van der Waals surface area contributed by atoms with Gasteiger partial charge in [-0.15, -0.1) is 0 Å². The van der Waals surface area contributed by atoms with Crippen molar-refractivity contribution in [2.45, 2.75) is 97.1 Å². The number of hydrogen-bond donors (Lipinski definition) is 2. The van der Waals surface area contributed by atoms with E-state index in [0.29, 0.717) is 0 Å². The summed E-state index contributed by atoms with van der Waals surface area (Å²) in [6.07, 6.45) is 15.6. The summed E-state index contributed by atoms with van der Waals surface area (Å²) in [7, 11) is 0. The van der Waals surface area contributed by atoms with Crippen LogP contribution in [0.5, 0.6) is 0 Å². The van der Waals surface area contributed by atoms with Crippen LogP contribution in [0.25, 0.3) is 0 Å². The summed E-state index contributed by atoms with van der Waals surface area (Å²) in [6, 6.07) is 0. The molecule has 0 aliphatic heterocycles. The summed E-state index contributed by atoms with van der Waals surface area (Å²) in [6.45, 7) is 7.72. The van der Waals surface area contributed by atoms with E-state index < -0.39 is 0 Å². The van der Waals surface area contributed by atoms with Gasteiger partial charge >= 0.3 is 0 Å². The highest BCUT2D eigenvalue weighted by molar-refractivity contribution is 4.67. The van der Waals surface area contributed by atoms with Gasteiger partial charge in [-0.25, -0.2) is 0 Å². The first-order valence-corrected chi connectivity index (χ1v) is 9.45. The van der Waals surface area contributed by atoms with Crippen LogP contribution >= 0.6 is 0 Å². The van der Waals surface area contributed by atoms with Crippen LogP contribution in [-0.2, 0) is 0 Å². The average Bonchev–Trinajstić information content (AvgIpc) is 2.49. The van der Waals surface area contributed by atoms with Crippen molar-refractivity contribution in [3.63, 3.8) is 0 Å². The van der Waals surface area contributed by atoms with Gasteiger partial charge in [0.25, 0.3) is 0 Å². The fourth-order valence-corrected chi connectivity index (χ4v) is 2.78. The largest absolute Gasteiger partial charge is 0.330 e. The van der Waals surface area contributed by atoms with Crippen LogP contribution in [0.4, 0.5) is 0 Å². The van der Waals surface area contributed by atoms with Gasteiger partial charge in [-0.1, -0.05) is 65.2 Å². The normalized spacial score (nSPS) is 13.0. The lowest BCUT2D eigenvalue weighted by Crippen LogP contribution is -2.43. The standard InChI is InChI=1S/C18H41N3/c1-3-5-7-12-16-21(17-13-8-6-4-2)18(20)14-10-9-11-15-19/h18H,3-17,19-20H2,1-2H3. The molecule has 0 saturated carbocycles. The van der Waals surface area contributed by atoms with E-state index in [-0.39, 0.29) is 6.17 Å². The summed E-state index contributed by atoms with van der Waals surface area (Å²) in [5, 5.41) is 0. The molecule has 128 valence electrons. The van der Waals surface area contributed by atoms with Gasteiger partial charge in [0.2, 0.25) is 0 Å². The van der Waals surface area contributed by atoms with E-state index in [1.165, 1.54) is 77.3 Å². The van der Waals surface area contributed by atoms with Crippen LogP contribution in [-0.4, -0.2) is 30.7 Å². The molecule has 0 spiro atoms. The minimum absolute atomic E-state index is 0.256. The van der Waals surface area contributed by atoms with E-state index in [4.69, 9.17) is 11.5 Å². The highest BCUT2D eigenvalue weighted by atomic mass is 15.2. The van der Waals surface area contributed by atoms with Crippen molar-refractivity contribution in [1.82, 2.24) is 4.90 Å². The second-order valence-electron chi connectivity index (χ2n) is 6.36. The number of nitrogens with two attached hydrogens (primary N) is 2. The SMILES string of the molecule is CCCCCCN(CCCCCC)C(N)CCCCCN. The molecule has 0 rings (SSSR count). The molecule has 0 saturated heterocycles. The fourth-order valence-electron chi connectivity index (χ4n) is 2.78. The van der Waals surface area contributed by atoms with Crippen LogP contribution in [0.1, 0.15) is 90.9 Å². The molecular weight excluding hydrogens is 258 g/mol. The molecule has 0 aromatic carbocycles. The van der Waals surface area contributed by atoms with Gasteiger partial charge in [0.1, 0.15) is 0 Å². The molecule has 0 radical (unpaired) electrons. The molecular formula is C18H41N3. The van der Waals surface area contributed by atoms with Gasteiger partial charge in [-0.05, 0) is 45.3 Å². The Morgan fingerprint density at radius 2 is 1.24 bits per heavy atom. The predicted molar refractivity (Wildman–Crippen MR) is 95.4 cm³/mol. The number of unbranched alkanes of at least 4 members (excludes halogenated alkanes) is 8. The molecule has 0 bridgehead atoms. The molecule has 0 aliphatic carbocycles. The fraction of sp³-hybridized carbons (Fsp3) is 1.00. The number of rotatable bonds is 16. The third kappa shape index (κ3) is 13.3. The summed E-state index contributed by atoms with van der Waals surface area (Å²) in [5.41, 5.74) is 12.0. The van der Waals surface area contributed by atoms with Gasteiger partial charge in [0.05, 0.1) is 6.17 Å². The third-order valence-electron chi connectivity index (χ3n) is 4.27. The van der Waals surface area contributed by atoms with E-state index in [0.717, 1.165) is 19.4 Å². The second-order valence-corrected chi connectivity index (χ2v) is 6.36. The molecule has 0 aromatic rings. The van der Waals surface area contributed by atoms with Crippen molar-refractivity contribution in [3.05, 3.63) is 0 Å². The Kier molecular flexibility index (Phi) is 16.2. The molecule has 3 nitrogen and oxygen atoms in total. The van der Waals surface area contributed by atoms with Gasteiger partial charge in [-0.3, -0.25) is 4.90 Å². The second kappa shape index (κ2) is 16.3.